The lowest BCUT2D eigenvalue weighted by atomic mass is 10.1. The average molecular weight is 521 g/mol. The van der Waals surface area contributed by atoms with Gasteiger partial charge in [-0.1, -0.05) is 29.3 Å². The Bertz CT molecular complexity index is 1310. The lowest BCUT2D eigenvalue weighted by Gasteiger charge is -2.22. The third kappa shape index (κ3) is 4.98. The summed E-state index contributed by atoms with van der Waals surface area (Å²) in [7, 11) is -3.58. The minimum absolute atomic E-state index is 0.0214. The predicted octanol–water partition coefficient (Wildman–Crippen LogP) is 3.40. The van der Waals surface area contributed by atoms with Gasteiger partial charge in [0.05, 0.1) is 17.1 Å². The topological polar surface area (TPSA) is 101 Å². The minimum Gasteiger partial charge on any atom is -0.472 e. The zero-order valence-electron chi connectivity index (χ0n) is 18.1. The summed E-state index contributed by atoms with van der Waals surface area (Å²) in [5, 5.41) is 0.536. The van der Waals surface area contributed by atoms with Crippen molar-refractivity contribution in [3.8, 4) is 17.0 Å². The lowest BCUT2D eigenvalue weighted by molar-refractivity contribution is -0.113. The molecule has 8 nitrogen and oxygen atoms in total. The first-order valence-corrected chi connectivity index (χ1v) is 13.2. The molecule has 34 heavy (non-hydrogen) atoms. The fraction of sp³-hybridized carbons (Fsp3) is 0.348. The zero-order chi connectivity index (χ0) is 23.9. The predicted molar refractivity (Wildman–Crippen MR) is 130 cm³/mol. The second kappa shape index (κ2) is 9.30. The van der Waals surface area contributed by atoms with E-state index in [0.29, 0.717) is 35.3 Å². The van der Waals surface area contributed by atoms with Crippen molar-refractivity contribution in [3.05, 3.63) is 52.3 Å². The molecule has 1 atom stereocenters. The number of carbonyl (C=O) groups is 1. The van der Waals surface area contributed by atoms with Gasteiger partial charge in [-0.25, -0.2) is 18.1 Å². The van der Waals surface area contributed by atoms with E-state index in [2.05, 4.69) is 14.7 Å². The van der Waals surface area contributed by atoms with Crippen LogP contribution in [0, 0.1) is 0 Å². The molecule has 1 aromatic carbocycles. The molecule has 0 spiro atoms. The van der Waals surface area contributed by atoms with Crippen LogP contribution in [0.25, 0.3) is 11.1 Å². The smallest absolute Gasteiger partial charge is 0.240 e. The van der Waals surface area contributed by atoms with E-state index < -0.39 is 10.0 Å². The number of nitrogens with one attached hydrogen (secondary N) is 1. The van der Waals surface area contributed by atoms with Crippen molar-refractivity contribution in [2.24, 2.45) is 4.99 Å². The van der Waals surface area contributed by atoms with Crippen LogP contribution in [-0.4, -0.2) is 62.1 Å². The average Bonchev–Trinajstić information content (AvgIpc) is 3.49. The third-order valence-electron chi connectivity index (χ3n) is 5.89. The van der Waals surface area contributed by atoms with Gasteiger partial charge in [0.1, 0.15) is 17.7 Å². The standard InChI is InChI=1S/C23H22Cl2N4O4S/c24-19-10-17(34(31,32)28-15-1-2-15)3-4-18(19)14-5-7-27-22(9-14)33-16-6-8-29(13-16)20-11-26-12-21(30)23(20)25/h3-5,7,9-11,15-16,28H,1-2,6,8,12-13H2/t16-/m1/s1. The highest BCUT2D eigenvalue weighted by Crippen LogP contribution is 2.33. The van der Waals surface area contributed by atoms with Gasteiger partial charge in [0.25, 0.3) is 0 Å². The van der Waals surface area contributed by atoms with E-state index in [1.807, 2.05) is 4.90 Å². The molecule has 5 rings (SSSR count). The molecule has 178 valence electrons. The quantitative estimate of drug-likeness (QED) is 0.600. The van der Waals surface area contributed by atoms with Gasteiger partial charge in [0, 0.05) is 48.1 Å². The molecular weight excluding hydrogens is 499 g/mol. The molecule has 0 unspecified atom stereocenters. The largest absolute Gasteiger partial charge is 0.472 e. The Hall–Kier alpha value is -2.46. The maximum atomic E-state index is 12.5. The fourth-order valence-corrected chi connectivity index (χ4v) is 5.86. The van der Waals surface area contributed by atoms with Gasteiger partial charge in [0.15, 0.2) is 5.78 Å². The highest BCUT2D eigenvalue weighted by molar-refractivity contribution is 7.89. The number of carbonyl (C=O) groups excluding carboxylic acids is 1. The molecule has 1 aromatic heterocycles. The third-order valence-corrected chi connectivity index (χ3v) is 8.12. The van der Waals surface area contributed by atoms with Crippen LogP contribution in [0.1, 0.15) is 19.3 Å². The number of dihydropyridines is 1. The van der Waals surface area contributed by atoms with Gasteiger partial charge in [-0.05, 0) is 36.6 Å². The number of ether oxygens (including phenoxy) is 1. The van der Waals surface area contributed by atoms with Crippen LogP contribution < -0.4 is 9.46 Å². The maximum absolute atomic E-state index is 12.5. The normalized spacial score (nSPS) is 20.8. The van der Waals surface area contributed by atoms with E-state index in [-0.39, 0.29) is 34.4 Å². The molecule has 3 heterocycles. The van der Waals surface area contributed by atoms with Crippen molar-refractivity contribution < 1.29 is 17.9 Å². The van der Waals surface area contributed by atoms with E-state index in [0.717, 1.165) is 24.8 Å². The van der Waals surface area contributed by atoms with Gasteiger partial charge < -0.3 is 9.64 Å². The van der Waals surface area contributed by atoms with Crippen LogP contribution in [0.5, 0.6) is 5.88 Å². The zero-order valence-corrected chi connectivity index (χ0v) is 20.4. The number of hydrogen-bond acceptors (Lipinski definition) is 7. The van der Waals surface area contributed by atoms with Crippen molar-refractivity contribution in [2.45, 2.75) is 36.3 Å². The van der Waals surface area contributed by atoms with Gasteiger partial charge in [-0.15, -0.1) is 0 Å². The number of sulfonamides is 1. The molecule has 0 amide bonds. The van der Waals surface area contributed by atoms with E-state index in [4.69, 9.17) is 27.9 Å². The summed E-state index contributed by atoms with van der Waals surface area (Å²) in [6, 6.07) is 8.29. The highest BCUT2D eigenvalue weighted by atomic mass is 35.5. The lowest BCUT2D eigenvalue weighted by Crippen LogP contribution is -2.28. The van der Waals surface area contributed by atoms with Crippen molar-refractivity contribution in [1.29, 1.82) is 0 Å². The Kier molecular flexibility index (Phi) is 6.37. The van der Waals surface area contributed by atoms with E-state index in [1.54, 1.807) is 36.7 Å². The Morgan fingerprint density at radius 3 is 2.71 bits per heavy atom. The number of aliphatic imine (C=N–C) groups is 1. The summed E-state index contributed by atoms with van der Waals surface area (Å²) in [6.45, 7) is 1.32. The summed E-state index contributed by atoms with van der Waals surface area (Å²) in [5.41, 5.74) is 2.07. The van der Waals surface area contributed by atoms with Gasteiger partial charge in [0.2, 0.25) is 15.9 Å². The number of likely N-dealkylation sites (tertiary alicyclic amines) is 1. The number of rotatable bonds is 7. The van der Waals surface area contributed by atoms with Gasteiger partial charge in [-0.2, -0.15) is 0 Å². The second-order valence-electron chi connectivity index (χ2n) is 8.49. The molecular formula is C23H22Cl2N4O4S. The van der Waals surface area contributed by atoms with Crippen LogP contribution in [0.15, 0.2) is 57.1 Å². The van der Waals surface area contributed by atoms with Crippen molar-refractivity contribution in [3.63, 3.8) is 0 Å². The molecule has 2 aromatic rings. The Balaban J connectivity index is 1.29. The van der Waals surface area contributed by atoms with Crippen LogP contribution in [0.3, 0.4) is 0 Å². The molecule has 1 saturated heterocycles. The number of aromatic nitrogens is 1. The number of hydrogen-bond donors (Lipinski definition) is 1. The maximum Gasteiger partial charge on any atom is 0.240 e. The summed E-state index contributed by atoms with van der Waals surface area (Å²) in [5.74, 6) is 0.248. The Morgan fingerprint density at radius 2 is 1.94 bits per heavy atom. The molecule has 0 bridgehead atoms. The summed E-state index contributed by atoms with van der Waals surface area (Å²) < 4.78 is 33.7. The van der Waals surface area contributed by atoms with Crippen molar-refractivity contribution in [1.82, 2.24) is 14.6 Å². The van der Waals surface area contributed by atoms with Crippen LogP contribution in [-0.2, 0) is 14.8 Å². The van der Waals surface area contributed by atoms with Crippen LogP contribution >= 0.6 is 23.2 Å². The Labute approximate surface area is 207 Å². The summed E-state index contributed by atoms with van der Waals surface area (Å²) in [4.78, 5) is 22.4. The first kappa shape index (κ1) is 23.3. The van der Waals surface area contributed by atoms with E-state index in [9.17, 15) is 13.2 Å². The molecule has 1 saturated carbocycles. The number of halogens is 2. The number of allylic oxidation sites excluding steroid dienone is 1. The van der Waals surface area contributed by atoms with E-state index >= 15 is 0 Å². The monoisotopic (exact) mass is 520 g/mol. The van der Waals surface area contributed by atoms with Gasteiger partial charge >= 0.3 is 0 Å². The molecule has 0 radical (unpaired) electrons. The first-order valence-electron chi connectivity index (χ1n) is 10.9. The summed E-state index contributed by atoms with van der Waals surface area (Å²) in [6.07, 6.45) is 5.58. The van der Waals surface area contributed by atoms with Crippen molar-refractivity contribution in [2.75, 3.05) is 19.6 Å². The molecule has 11 heteroatoms. The number of nitrogens with zero attached hydrogens (tertiary/aromatic N) is 3. The van der Waals surface area contributed by atoms with Crippen molar-refractivity contribution >= 4 is 45.2 Å². The number of ketones is 1. The number of benzene rings is 1. The Morgan fingerprint density at radius 1 is 1.12 bits per heavy atom. The minimum atomic E-state index is -3.58. The molecule has 2 fully saturated rings. The molecule has 3 aliphatic rings. The number of pyridine rings is 1. The molecule has 1 aliphatic carbocycles. The van der Waals surface area contributed by atoms with E-state index in [1.165, 1.54) is 6.07 Å². The highest BCUT2D eigenvalue weighted by Gasteiger charge is 2.30. The molecule has 2 aliphatic heterocycles. The second-order valence-corrected chi connectivity index (χ2v) is 11.0. The molecule has 1 N–H and O–H groups in total. The van der Waals surface area contributed by atoms with Gasteiger partial charge in [-0.3, -0.25) is 9.79 Å². The fourth-order valence-electron chi connectivity index (χ4n) is 3.95. The summed E-state index contributed by atoms with van der Waals surface area (Å²) >= 11 is 12.6. The van der Waals surface area contributed by atoms with Crippen LogP contribution in [0.2, 0.25) is 5.02 Å². The first-order chi connectivity index (χ1) is 16.3. The SMILES string of the molecule is O=C1CN=CC(N2CC[C@@H](Oc3cc(-c4ccc(S(=O)(=O)NC5CC5)cc4Cl)ccn3)C2)=C1Cl. The van der Waals surface area contributed by atoms with Crippen LogP contribution in [0.4, 0.5) is 0 Å². The number of Topliss-reactive ketones (excluding diaryl/α,β-unsaturated/α-hetero) is 1.